The van der Waals surface area contributed by atoms with Crippen LogP contribution >= 0.6 is 0 Å². The van der Waals surface area contributed by atoms with Gasteiger partial charge in [-0.2, -0.15) is 5.10 Å². The van der Waals surface area contributed by atoms with Gasteiger partial charge < -0.3 is 10.6 Å². The largest absolute Gasteiger partial charge is 0.355 e. The summed E-state index contributed by atoms with van der Waals surface area (Å²) in [5.74, 6) is 0.0548. The lowest BCUT2D eigenvalue weighted by Gasteiger charge is -2.19. The molecule has 0 radical (unpaired) electrons. The van der Waals surface area contributed by atoms with Crippen molar-refractivity contribution in [3.63, 3.8) is 0 Å². The van der Waals surface area contributed by atoms with E-state index < -0.39 is 0 Å². The monoisotopic (exact) mass is 238 g/mol. The van der Waals surface area contributed by atoms with Gasteiger partial charge in [-0.05, 0) is 26.3 Å². The van der Waals surface area contributed by atoms with Gasteiger partial charge in [-0.15, -0.1) is 0 Å². The first kappa shape index (κ1) is 13.7. The number of carbonyl (C=O) groups excluding carboxylic acids is 1. The highest BCUT2D eigenvalue weighted by molar-refractivity contribution is 5.81. The maximum absolute atomic E-state index is 11.6. The van der Waals surface area contributed by atoms with Crippen molar-refractivity contribution in [3.05, 3.63) is 18.5 Å². The second-order valence-corrected chi connectivity index (χ2v) is 4.31. The Morgan fingerprint density at radius 1 is 1.47 bits per heavy atom. The molecule has 0 aliphatic heterocycles. The highest BCUT2D eigenvalue weighted by Gasteiger charge is 2.14. The van der Waals surface area contributed by atoms with Gasteiger partial charge in [-0.3, -0.25) is 9.48 Å². The van der Waals surface area contributed by atoms with E-state index in [0.29, 0.717) is 0 Å². The predicted molar refractivity (Wildman–Crippen MR) is 67.6 cm³/mol. The molecule has 2 unspecified atom stereocenters. The van der Waals surface area contributed by atoms with Crippen molar-refractivity contribution < 1.29 is 4.79 Å². The average Bonchev–Trinajstić information content (AvgIpc) is 2.78. The van der Waals surface area contributed by atoms with Crippen LogP contribution in [-0.2, 0) is 11.3 Å². The first-order valence-corrected chi connectivity index (χ1v) is 6.14. The smallest absolute Gasteiger partial charge is 0.236 e. The van der Waals surface area contributed by atoms with Crippen LogP contribution in [0.4, 0.5) is 0 Å². The number of hydrogen-bond acceptors (Lipinski definition) is 3. The van der Waals surface area contributed by atoms with Gasteiger partial charge >= 0.3 is 0 Å². The van der Waals surface area contributed by atoms with E-state index in [1.54, 1.807) is 6.20 Å². The van der Waals surface area contributed by atoms with Crippen LogP contribution in [0.1, 0.15) is 27.2 Å². The van der Waals surface area contributed by atoms with Gasteiger partial charge in [-0.1, -0.05) is 6.92 Å². The zero-order valence-corrected chi connectivity index (χ0v) is 10.8. The zero-order chi connectivity index (χ0) is 12.7. The number of hydrogen-bond donors (Lipinski definition) is 2. The Kier molecular flexibility index (Phi) is 5.69. The van der Waals surface area contributed by atoms with Crippen LogP contribution in [0.2, 0.25) is 0 Å². The molecular weight excluding hydrogens is 216 g/mol. The normalized spacial score (nSPS) is 14.3. The molecule has 0 aliphatic rings. The molecule has 2 atom stereocenters. The van der Waals surface area contributed by atoms with Gasteiger partial charge in [0.15, 0.2) is 0 Å². The van der Waals surface area contributed by atoms with Gasteiger partial charge in [0.2, 0.25) is 5.91 Å². The summed E-state index contributed by atoms with van der Waals surface area (Å²) in [6.07, 6.45) is 4.63. The van der Waals surface area contributed by atoms with E-state index in [-0.39, 0.29) is 18.0 Å². The summed E-state index contributed by atoms with van der Waals surface area (Å²) in [7, 11) is 0. The van der Waals surface area contributed by atoms with E-state index in [9.17, 15) is 4.79 Å². The van der Waals surface area contributed by atoms with Crippen molar-refractivity contribution >= 4 is 5.91 Å². The van der Waals surface area contributed by atoms with Gasteiger partial charge in [0.05, 0.1) is 12.6 Å². The molecule has 1 aromatic heterocycles. The number of aromatic nitrogens is 2. The standard InChI is InChI=1S/C12H22N4O/c1-4-6-13-12(17)11(3)15-10(2)9-16-8-5-7-14-16/h5,7-8,10-11,15H,4,6,9H2,1-3H3,(H,13,17). The second-order valence-electron chi connectivity index (χ2n) is 4.31. The van der Waals surface area contributed by atoms with Crippen molar-refractivity contribution in [1.82, 2.24) is 20.4 Å². The second kappa shape index (κ2) is 7.06. The topological polar surface area (TPSA) is 59.0 Å². The molecule has 0 aliphatic carbocycles. The lowest BCUT2D eigenvalue weighted by atomic mass is 10.2. The molecule has 1 heterocycles. The van der Waals surface area contributed by atoms with E-state index in [2.05, 4.69) is 15.7 Å². The number of nitrogens with one attached hydrogen (secondary N) is 2. The first-order chi connectivity index (χ1) is 8.13. The van der Waals surface area contributed by atoms with Crippen LogP contribution in [0.3, 0.4) is 0 Å². The van der Waals surface area contributed by atoms with Crippen molar-refractivity contribution in [3.8, 4) is 0 Å². The lowest BCUT2D eigenvalue weighted by molar-refractivity contribution is -0.122. The molecule has 0 fully saturated rings. The summed E-state index contributed by atoms with van der Waals surface area (Å²) in [6.45, 7) is 7.46. The Balaban J connectivity index is 2.29. The Labute approximate surface area is 103 Å². The van der Waals surface area contributed by atoms with Gasteiger partial charge in [-0.25, -0.2) is 0 Å². The van der Waals surface area contributed by atoms with Gasteiger partial charge in [0.25, 0.3) is 0 Å². The van der Waals surface area contributed by atoms with Crippen molar-refractivity contribution in [2.75, 3.05) is 6.54 Å². The minimum Gasteiger partial charge on any atom is -0.355 e. The third-order valence-corrected chi connectivity index (χ3v) is 2.50. The molecule has 0 bridgehead atoms. The lowest BCUT2D eigenvalue weighted by Crippen LogP contribution is -2.47. The fourth-order valence-electron chi connectivity index (χ4n) is 1.65. The molecule has 96 valence electrons. The molecule has 2 N–H and O–H groups in total. The highest BCUT2D eigenvalue weighted by atomic mass is 16.2. The van der Waals surface area contributed by atoms with Crippen LogP contribution in [0, 0.1) is 0 Å². The molecule has 0 aromatic carbocycles. The fraction of sp³-hybridized carbons (Fsp3) is 0.667. The minimum atomic E-state index is -0.174. The zero-order valence-electron chi connectivity index (χ0n) is 10.8. The minimum absolute atomic E-state index is 0.0548. The van der Waals surface area contributed by atoms with E-state index in [0.717, 1.165) is 19.5 Å². The van der Waals surface area contributed by atoms with Crippen LogP contribution in [0.25, 0.3) is 0 Å². The van der Waals surface area contributed by atoms with E-state index >= 15 is 0 Å². The van der Waals surface area contributed by atoms with Crippen LogP contribution in [0.15, 0.2) is 18.5 Å². The maximum Gasteiger partial charge on any atom is 0.236 e. The molecule has 5 nitrogen and oxygen atoms in total. The average molecular weight is 238 g/mol. The summed E-state index contributed by atoms with van der Waals surface area (Å²) in [6, 6.07) is 1.92. The molecule has 0 saturated heterocycles. The summed E-state index contributed by atoms with van der Waals surface area (Å²) in [5, 5.41) is 10.3. The first-order valence-electron chi connectivity index (χ1n) is 6.14. The Bertz CT molecular complexity index is 323. The number of nitrogens with zero attached hydrogens (tertiary/aromatic N) is 2. The molecule has 0 spiro atoms. The number of amides is 1. The van der Waals surface area contributed by atoms with Crippen molar-refractivity contribution in [2.24, 2.45) is 0 Å². The van der Waals surface area contributed by atoms with Gasteiger partial charge in [0, 0.05) is 25.0 Å². The Hall–Kier alpha value is -1.36. The van der Waals surface area contributed by atoms with E-state index in [1.165, 1.54) is 0 Å². The van der Waals surface area contributed by atoms with E-state index in [1.807, 2.05) is 37.7 Å². The molecule has 0 saturated carbocycles. The quantitative estimate of drug-likeness (QED) is 0.738. The molecule has 17 heavy (non-hydrogen) atoms. The van der Waals surface area contributed by atoms with Gasteiger partial charge in [0.1, 0.15) is 0 Å². The van der Waals surface area contributed by atoms with E-state index in [4.69, 9.17) is 0 Å². The predicted octanol–water partition coefficient (Wildman–Crippen LogP) is 0.776. The summed E-state index contributed by atoms with van der Waals surface area (Å²) >= 11 is 0. The van der Waals surface area contributed by atoms with Crippen LogP contribution in [-0.4, -0.2) is 34.3 Å². The summed E-state index contributed by atoms with van der Waals surface area (Å²) in [4.78, 5) is 11.6. The Morgan fingerprint density at radius 3 is 2.82 bits per heavy atom. The molecule has 1 rings (SSSR count). The summed E-state index contributed by atoms with van der Waals surface area (Å²) < 4.78 is 1.86. The van der Waals surface area contributed by atoms with Crippen molar-refractivity contribution in [1.29, 1.82) is 0 Å². The molecule has 5 heteroatoms. The third kappa shape index (κ3) is 4.99. The van der Waals surface area contributed by atoms with Crippen LogP contribution in [0.5, 0.6) is 0 Å². The molecular formula is C12H22N4O. The maximum atomic E-state index is 11.6. The third-order valence-electron chi connectivity index (χ3n) is 2.50. The number of rotatable bonds is 7. The van der Waals surface area contributed by atoms with Crippen LogP contribution < -0.4 is 10.6 Å². The summed E-state index contributed by atoms with van der Waals surface area (Å²) in [5.41, 5.74) is 0. The SMILES string of the molecule is CCCNC(=O)C(C)NC(C)Cn1cccn1. The van der Waals surface area contributed by atoms with Crippen molar-refractivity contribution in [2.45, 2.75) is 45.8 Å². The highest BCUT2D eigenvalue weighted by Crippen LogP contribution is 1.93. The Morgan fingerprint density at radius 2 is 2.24 bits per heavy atom. The molecule has 1 aromatic rings. The number of carbonyl (C=O) groups is 1. The fourth-order valence-corrected chi connectivity index (χ4v) is 1.65. The molecule has 1 amide bonds.